The Kier molecular flexibility index (Phi) is 5.00. The summed E-state index contributed by atoms with van der Waals surface area (Å²) in [6, 6.07) is 18.5. The first kappa shape index (κ1) is 15.6. The number of nitrogens with one attached hydrogen (secondary N) is 2. The number of halogens is 1. The van der Waals surface area contributed by atoms with Crippen molar-refractivity contribution in [3.63, 3.8) is 0 Å². The van der Waals surface area contributed by atoms with Crippen molar-refractivity contribution in [3.05, 3.63) is 81.7 Å². The first-order chi connectivity index (χ1) is 11.2. The Hall–Kier alpha value is -2.24. The molecule has 0 aliphatic carbocycles. The van der Waals surface area contributed by atoms with Gasteiger partial charge in [-0.05, 0) is 29.8 Å². The van der Waals surface area contributed by atoms with Crippen molar-refractivity contribution in [3.8, 4) is 0 Å². The molecule has 0 atom stereocenters. The van der Waals surface area contributed by atoms with Gasteiger partial charge in [0.1, 0.15) is 5.02 Å². The van der Waals surface area contributed by atoms with Crippen LogP contribution in [-0.2, 0) is 6.54 Å². The van der Waals surface area contributed by atoms with Crippen molar-refractivity contribution in [2.45, 2.75) is 16.3 Å². The van der Waals surface area contributed by atoms with Gasteiger partial charge in [0.15, 0.2) is 0 Å². The Balaban J connectivity index is 1.63. The summed E-state index contributed by atoms with van der Waals surface area (Å²) >= 11 is 7.64. The molecule has 0 bridgehead atoms. The summed E-state index contributed by atoms with van der Waals surface area (Å²) < 4.78 is 0. The van der Waals surface area contributed by atoms with E-state index in [1.54, 1.807) is 11.8 Å². The number of nitrogens with zero attached hydrogens (tertiary/aromatic N) is 1. The van der Waals surface area contributed by atoms with Gasteiger partial charge < -0.3 is 5.32 Å². The smallest absolute Gasteiger partial charge is 0.285 e. The largest absolute Gasteiger partial charge is 0.378 e. The summed E-state index contributed by atoms with van der Waals surface area (Å²) in [5.41, 5.74) is 1.23. The normalized spacial score (nSPS) is 10.5. The molecular weight excluding hydrogens is 330 g/mol. The monoisotopic (exact) mass is 343 g/mol. The van der Waals surface area contributed by atoms with E-state index < -0.39 is 5.56 Å². The van der Waals surface area contributed by atoms with Gasteiger partial charge in [0.05, 0.1) is 11.9 Å². The minimum Gasteiger partial charge on any atom is -0.378 e. The molecule has 116 valence electrons. The van der Waals surface area contributed by atoms with E-state index in [1.165, 1.54) is 16.0 Å². The lowest BCUT2D eigenvalue weighted by molar-refractivity contribution is 0.981. The fourth-order valence-electron chi connectivity index (χ4n) is 2.00. The van der Waals surface area contributed by atoms with E-state index in [9.17, 15) is 4.79 Å². The van der Waals surface area contributed by atoms with Crippen LogP contribution >= 0.6 is 23.4 Å². The standard InChI is InChI=1S/C17H14ClN3OS/c18-16-15(11-20-21-17(16)22)19-10-12-6-8-14(9-7-12)23-13-4-2-1-3-5-13/h1-9,11H,10H2,(H2,19,21,22). The SMILES string of the molecule is O=c1[nH]ncc(NCc2ccc(Sc3ccccc3)cc2)c1Cl. The van der Waals surface area contributed by atoms with Gasteiger partial charge in [-0.1, -0.05) is 53.7 Å². The van der Waals surface area contributed by atoms with Crippen LogP contribution in [0.3, 0.4) is 0 Å². The Labute approximate surface area is 142 Å². The number of benzene rings is 2. The molecule has 3 aromatic rings. The van der Waals surface area contributed by atoms with Crippen molar-refractivity contribution in [2.75, 3.05) is 5.32 Å². The fourth-order valence-corrected chi connectivity index (χ4v) is 3.00. The third-order valence-corrected chi connectivity index (χ3v) is 4.57. The van der Waals surface area contributed by atoms with Crippen molar-refractivity contribution >= 4 is 29.1 Å². The molecule has 3 rings (SSSR count). The predicted octanol–water partition coefficient (Wildman–Crippen LogP) is 4.19. The van der Waals surface area contributed by atoms with Gasteiger partial charge in [-0.2, -0.15) is 5.10 Å². The topological polar surface area (TPSA) is 57.8 Å². The Morgan fingerprint density at radius 1 is 1.04 bits per heavy atom. The molecule has 2 aromatic carbocycles. The van der Waals surface area contributed by atoms with Crippen LogP contribution in [0.1, 0.15) is 5.56 Å². The van der Waals surface area contributed by atoms with E-state index in [-0.39, 0.29) is 5.02 Å². The molecule has 4 nitrogen and oxygen atoms in total. The van der Waals surface area contributed by atoms with Gasteiger partial charge in [-0.25, -0.2) is 5.10 Å². The van der Waals surface area contributed by atoms with Gasteiger partial charge >= 0.3 is 0 Å². The van der Waals surface area contributed by atoms with Crippen LogP contribution in [0.4, 0.5) is 5.69 Å². The zero-order chi connectivity index (χ0) is 16.1. The highest BCUT2D eigenvalue weighted by Crippen LogP contribution is 2.27. The summed E-state index contributed by atoms with van der Waals surface area (Å²) in [6.07, 6.45) is 1.50. The van der Waals surface area contributed by atoms with Crippen LogP contribution in [0.15, 0.2) is 75.4 Å². The third kappa shape index (κ3) is 4.15. The summed E-state index contributed by atoms with van der Waals surface area (Å²) in [6.45, 7) is 0.571. The number of hydrogen-bond donors (Lipinski definition) is 2. The highest BCUT2D eigenvalue weighted by molar-refractivity contribution is 7.99. The van der Waals surface area contributed by atoms with E-state index in [4.69, 9.17) is 11.6 Å². The van der Waals surface area contributed by atoms with Gasteiger partial charge in [0.2, 0.25) is 0 Å². The molecule has 0 saturated heterocycles. The molecule has 23 heavy (non-hydrogen) atoms. The number of rotatable bonds is 5. The number of H-pyrrole nitrogens is 1. The Bertz CT molecular complexity index is 834. The van der Waals surface area contributed by atoms with Gasteiger partial charge in [0.25, 0.3) is 5.56 Å². The second-order valence-corrected chi connectivity index (χ2v) is 6.36. The van der Waals surface area contributed by atoms with Crippen LogP contribution in [0.2, 0.25) is 5.02 Å². The lowest BCUT2D eigenvalue weighted by Crippen LogP contribution is -2.11. The molecule has 0 radical (unpaired) electrons. The number of aromatic amines is 1. The van der Waals surface area contributed by atoms with Crippen molar-refractivity contribution in [1.29, 1.82) is 0 Å². The van der Waals surface area contributed by atoms with E-state index in [0.717, 1.165) is 5.56 Å². The maximum absolute atomic E-state index is 11.4. The van der Waals surface area contributed by atoms with Gasteiger partial charge in [0, 0.05) is 16.3 Å². The van der Waals surface area contributed by atoms with Crippen molar-refractivity contribution in [2.24, 2.45) is 0 Å². The number of hydrogen-bond acceptors (Lipinski definition) is 4. The molecule has 0 saturated carbocycles. The summed E-state index contributed by atoms with van der Waals surface area (Å²) in [5.74, 6) is 0. The molecule has 0 amide bonds. The highest BCUT2D eigenvalue weighted by Gasteiger charge is 2.04. The third-order valence-electron chi connectivity index (χ3n) is 3.18. The minimum absolute atomic E-state index is 0.122. The molecule has 0 aliphatic heterocycles. The van der Waals surface area contributed by atoms with E-state index in [2.05, 4.69) is 39.8 Å². The van der Waals surface area contributed by atoms with E-state index in [0.29, 0.717) is 12.2 Å². The molecule has 1 aromatic heterocycles. The molecule has 0 fully saturated rings. The maximum atomic E-state index is 11.4. The predicted molar refractivity (Wildman–Crippen MR) is 94.2 cm³/mol. The minimum atomic E-state index is -0.397. The van der Waals surface area contributed by atoms with Crippen LogP contribution in [0.5, 0.6) is 0 Å². The molecule has 1 heterocycles. The molecule has 0 spiro atoms. The highest BCUT2D eigenvalue weighted by atomic mass is 35.5. The van der Waals surface area contributed by atoms with Crippen LogP contribution < -0.4 is 10.9 Å². The lowest BCUT2D eigenvalue weighted by Gasteiger charge is -2.08. The van der Waals surface area contributed by atoms with Crippen molar-refractivity contribution < 1.29 is 0 Å². The second kappa shape index (κ2) is 7.35. The van der Waals surface area contributed by atoms with Crippen LogP contribution in [-0.4, -0.2) is 10.2 Å². The lowest BCUT2D eigenvalue weighted by atomic mass is 10.2. The van der Waals surface area contributed by atoms with E-state index in [1.807, 2.05) is 30.3 Å². The summed E-state index contributed by atoms with van der Waals surface area (Å²) in [5, 5.41) is 9.26. The first-order valence-electron chi connectivity index (χ1n) is 7.01. The molecule has 0 aliphatic rings. The molecule has 6 heteroatoms. The average molecular weight is 344 g/mol. The fraction of sp³-hybridized carbons (Fsp3) is 0.0588. The van der Waals surface area contributed by atoms with E-state index >= 15 is 0 Å². The summed E-state index contributed by atoms with van der Waals surface area (Å²) in [4.78, 5) is 13.8. The zero-order valence-electron chi connectivity index (χ0n) is 12.1. The molecule has 0 unspecified atom stereocenters. The van der Waals surface area contributed by atoms with Gasteiger partial charge in [-0.15, -0.1) is 0 Å². The first-order valence-corrected chi connectivity index (χ1v) is 8.21. The van der Waals surface area contributed by atoms with Crippen LogP contribution in [0, 0.1) is 0 Å². The summed E-state index contributed by atoms with van der Waals surface area (Å²) in [7, 11) is 0. The molecular formula is C17H14ClN3OS. The van der Waals surface area contributed by atoms with Crippen LogP contribution in [0.25, 0.3) is 0 Å². The molecule has 2 N–H and O–H groups in total. The second-order valence-electron chi connectivity index (χ2n) is 4.84. The zero-order valence-corrected chi connectivity index (χ0v) is 13.7. The average Bonchev–Trinajstić information content (AvgIpc) is 2.58. The quantitative estimate of drug-likeness (QED) is 0.729. The van der Waals surface area contributed by atoms with Gasteiger partial charge in [-0.3, -0.25) is 4.79 Å². The Morgan fingerprint density at radius 3 is 2.48 bits per heavy atom. The number of aromatic nitrogens is 2. The Morgan fingerprint density at radius 2 is 1.74 bits per heavy atom. The maximum Gasteiger partial charge on any atom is 0.285 e. The van der Waals surface area contributed by atoms with Crippen molar-refractivity contribution in [1.82, 2.24) is 10.2 Å². The number of anilines is 1.